The fourth-order valence-corrected chi connectivity index (χ4v) is 2.51. The quantitative estimate of drug-likeness (QED) is 0.811. The summed E-state index contributed by atoms with van der Waals surface area (Å²) in [6, 6.07) is 9.79. The standard InChI is InChI=1S/C13H12ClN3O2S/c14-11-6-5-10(20-11)12(18)16-7-8-1-3-9(4-2-8)17-13(15)19/h1-6H,7H2,(H,16,18)(H3,15,17,19). The molecule has 0 spiro atoms. The molecule has 104 valence electrons. The molecule has 7 heteroatoms. The van der Waals surface area contributed by atoms with Gasteiger partial charge in [-0.05, 0) is 29.8 Å². The average Bonchev–Trinajstić information content (AvgIpc) is 2.84. The Morgan fingerprint density at radius 1 is 1.15 bits per heavy atom. The molecule has 1 aromatic heterocycles. The molecule has 4 N–H and O–H groups in total. The molecule has 0 aliphatic heterocycles. The molecule has 1 aromatic carbocycles. The van der Waals surface area contributed by atoms with Gasteiger partial charge < -0.3 is 16.4 Å². The molecule has 0 radical (unpaired) electrons. The van der Waals surface area contributed by atoms with Crippen LogP contribution in [0.2, 0.25) is 4.34 Å². The predicted molar refractivity (Wildman–Crippen MR) is 80.1 cm³/mol. The van der Waals surface area contributed by atoms with Gasteiger partial charge in [0.15, 0.2) is 0 Å². The van der Waals surface area contributed by atoms with Gasteiger partial charge in [-0.15, -0.1) is 11.3 Å². The topological polar surface area (TPSA) is 84.2 Å². The Labute approximate surface area is 124 Å². The lowest BCUT2D eigenvalue weighted by molar-refractivity contribution is 0.0955. The van der Waals surface area contributed by atoms with Gasteiger partial charge >= 0.3 is 6.03 Å². The minimum Gasteiger partial charge on any atom is -0.351 e. The maximum Gasteiger partial charge on any atom is 0.316 e. The van der Waals surface area contributed by atoms with Crippen LogP contribution in [0.15, 0.2) is 36.4 Å². The van der Waals surface area contributed by atoms with Crippen molar-refractivity contribution in [3.8, 4) is 0 Å². The number of carbonyl (C=O) groups is 2. The van der Waals surface area contributed by atoms with Gasteiger partial charge in [0.25, 0.3) is 5.91 Å². The summed E-state index contributed by atoms with van der Waals surface area (Å²) in [4.78, 5) is 23.1. The highest BCUT2D eigenvalue weighted by Crippen LogP contribution is 2.21. The number of hydrogen-bond donors (Lipinski definition) is 3. The van der Waals surface area contributed by atoms with Crippen molar-refractivity contribution >= 4 is 40.6 Å². The van der Waals surface area contributed by atoms with E-state index in [1.165, 1.54) is 11.3 Å². The second-order valence-corrected chi connectivity index (χ2v) is 5.69. The van der Waals surface area contributed by atoms with Crippen LogP contribution in [-0.4, -0.2) is 11.9 Å². The summed E-state index contributed by atoms with van der Waals surface area (Å²) in [6.07, 6.45) is 0. The van der Waals surface area contributed by atoms with Crippen LogP contribution in [-0.2, 0) is 6.54 Å². The van der Waals surface area contributed by atoms with Crippen LogP contribution in [0.4, 0.5) is 10.5 Å². The maximum absolute atomic E-state index is 11.8. The first-order valence-electron chi connectivity index (χ1n) is 5.73. The SMILES string of the molecule is NC(=O)Nc1ccc(CNC(=O)c2ccc(Cl)s2)cc1. The van der Waals surface area contributed by atoms with Crippen LogP contribution in [0.3, 0.4) is 0 Å². The third-order valence-corrected chi connectivity index (χ3v) is 3.70. The number of amides is 3. The summed E-state index contributed by atoms with van der Waals surface area (Å²) in [5, 5.41) is 5.25. The normalized spacial score (nSPS) is 10.1. The van der Waals surface area contributed by atoms with Gasteiger partial charge in [-0.1, -0.05) is 23.7 Å². The highest BCUT2D eigenvalue weighted by molar-refractivity contribution is 7.17. The van der Waals surface area contributed by atoms with E-state index < -0.39 is 6.03 Å². The number of nitrogens with one attached hydrogen (secondary N) is 2. The molecular weight excluding hydrogens is 298 g/mol. The van der Waals surface area contributed by atoms with Gasteiger partial charge in [-0.2, -0.15) is 0 Å². The van der Waals surface area contributed by atoms with E-state index in [-0.39, 0.29) is 5.91 Å². The van der Waals surface area contributed by atoms with Gasteiger partial charge in [0.1, 0.15) is 0 Å². The third-order valence-electron chi connectivity index (χ3n) is 2.47. The molecule has 0 fully saturated rings. The zero-order valence-corrected chi connectivity index (χ0v) is 11.9. The van der Waals surface area contributed by atoms with Gasteiger partial charge in [-0.3, -0.25) is 4.79 Å². The molecule has 0 saturated carbocycles. The van der Waals surface area contributed by atoms with E-state index in [2.05, 4.69) is 10.6 Å². The van der Waals surface area contributed by atoms with Crippen molar-refractivity contribution in [1.82, 2.24) is 5.32 Å². The fraction of sp³-hybridized carbons (Fsp3) is 0.0769. The number of anilines is 1. The van der Waals surface area contributed by atoms with Gasteiger partial charge in [0.2, 0.25) is 0 Å². The molecule has 0 bridgehead atoms. The minimum absolute atomic E-state index is 0.166. The number of nitrogens with two attached hydrogens (primary N) is 1. The molecule has 5 nitrogen and oxygen atoms in total. The molecular formula is C13H12ClN3O2S. The Bertz CT molecular complexity index is 625. The Balaban J connectivity index is 1.90. The van der Waals surface area contributed by atoms with Crippen LogP contribution in [0.5, 0.6) is 0 Å². The monoisotopic (exact) mass is 309 g/mol. The number of halogens is 1. The smallest absolute Gasteiger partial charge is 0.316 e. The lowest BCUT2D eigenvalue weighted by atomic mass is 10.2. The van der Waals surface area contributed by atoms with Crippen LogP contribution in [0, 0.1) is 0 Å². The highest BCUT2D eigenvalue weighted by Gasteiger charge is 2.08. The zero-order chi connectivity index (χ0) is 14.5. The van der Waals surface area contributed by atoms with Gasteiger partial charge in [0, 0.05) is 12.2 Å². The first-order chi connectivity index (χ1) is 9.54. The molecule has 0 saturated heterocycles. The number of urea groups is 1. The predicted octanol–water partition coefficient (Wildman–Crippen LogP) is 2.82. The van der Waals surface area contributed by atoms with Crippen molar-refractivity contribution in [2.75, 3.05) is 5.32 Å². The second kappa shape index (κ2) is 6.40. The second-order valence-electron chi connectivity index (χ2n) is 3.97. The lowest BCUT2D eigenvalue weighted by Gasteiger charge is -2.06. The molecule has 0 unspecified atom stereocenters. The van der Waals surface area contributed by atoms with Crippen molar-refractivity contribution in [3.05, 3.63) is 51.2 Å². The minimum atomic E-state index is -0.611. The van der Waals surface area contributed by atoms with E-state index in [0.29, 0.717) is 21.4 Å². The highest BCUT2D eigenvalue weighted by atomic mass is 35.5. The Morgan fingerprint density at radius 2 is 1.85 bits per heavy atom. The van der Waals surface area contributed by atoms with E-state index in [0.717, 1.165) is 5.56 Å². The molecule has 1 heterocycles. The van der Waals surface area contributed by atoms with E-state index >= 15 is 0 Å². The summed E-state index contributed by atoms with van der Waals surface area (Å²) in [7, 11) is 0. The molecule has 2 aromatic rings. The van der Waals surface area contributed by atoms with Crippen LogP contribution >= 0.6 is 22.9 Å². The number of benzene rings is 1. The summed E-state index contributed by atoms with van der Waals surface area (Å²) in [6.45, 7) is 0.394. The number of thiophene rings is 1. The number of primary amides is 1. The summed E-state index contributed by atoms with van der Waals surface area (Å²) in [5.41, 5.74) is 6.53. The average molecular weight is 310 g/mol. The maximum atomic E-state index is 11.8. The van der Waals surface area contributed by atoms with Crippen molar-refractivity contribution in [2.24, 2.45) is 5.73 Å². The van der Waals surface area contributed by atoms with Crippen molar-refractivity contribution in [1.29, 1.82) is 0 Å². The zero-order valence-electron chi connectivity index (χ0n) is 10.4. The number of rotatable bonds is 4. The van der Waals surface area contributed by atoms with Crippen LogP contribution in [0.25, 0.3) is 0 Å². The fourth-order valence-electron chi connectivity index (χ4n) is 1.55. The Kier molecular flexibility index (Phi) is 4.60. The van der Waals surface area contributed by atoms with Crippen molar-refractivity contribution in [3.63, 3.8) is 0 Å². The van der Waals surface area contributed by atoms with Crippen molar-refractivity contribution in [2.45, 2.75) is 6.54 Å². The molecule has 20 heavy (non-hydrogen) atoms. The largest absolute Gasteiger partial charge is 0.351 e. The summed E-state index contributed by atoms with van der Waals surface area (Å²) >= 11 is 7.01. The molecule has 0 aliphatic rings. The van der Waals surface area contributed by atoms with Crippen LogP contribution in [0.1, 0.15) is 15.2 Å². The first kappa shape index (κ1) is 14.4. The summed E-state index contributed by atoms with van der Waals surface area (Å²) < 4.78 is 0.581. The number of carbonyl (C=O) groups excluding carboxylic acids is 2. The Hall–Kier alpha value is -2.05. The van der Waals surface area contributed by atoms with E-state index in [1.807, 2.05) is 0 Å². The Morgan fingerprint density at radius 3 is 2.40 bits per heavy atom. The van der Waals surface area contributed by atoms with E-state index in [9.17, 15) is 9.59 Å². The summed E-state index contributed by atoms with van der Waals surface area (Å²) in [5.74, 6) is -0.166. The number of hydrogen-bond acceptors (Lipinski definition) is 3. The van der Waals surface area contributed by atoms with E-state index in [1.54, 1.807) is 36.4 Å². The van der Waals surface area contributed by atoms with Gasteiger partial charge in [-0.25, -0.2) is 4.79 Å². The van der Waals surface area contributed by atoms with E-state index in [4.69, 9.17) is 17.3 Å². The molecule has 0 aliphatic carbocycles. The molecule has 0 atom stereocenters. The molecule has 2 rings (SSSR count). The van der Waals surface area contributed by atoms with Crippen molar-refractivity contribution < 1.29 is 9.59 Å². The first-order valence-corrected chi connectivity index (χ1v) is 6.93. The third kappa shape index (κ3) is 3.97. The van der Waals surface area contributed by atoms with Crippen LogP contribution < -0.4 is 16.4 Å². The van der Waals surface area contributed by atoms with Gasteiger partial charge in [0.05, 0.1) is 9.21 Å². The molecule has 3 amide bonds. The lowest BCUT2D eigenvalue weighted by Crippen LogP contribution is -2.22.